The van der Waals surface area contributed by atoms with Gasteiger partial charge in [-0.05, 0) is 73.9 Å². The lowest BCUT2D eigenvalue weighted by molar-refractivity contribution is -0.112. The van der Waals surface area contributed by atoms with Gasteiger partial charge in [-0.25, -0.2) is 4.79 Å². The lowest BCUT2D eigenvalue weighted by Gasteiger charge is -2.07. The van der Waals surface area contributed by atoms with Crippen LogP contribution in [0.1, 0.15) is 32.8 Å². The minimum absolute atomic E-state index is 0.0907. The summed E-state index contributed by atoms with van der Waals surface area (Å²) in [5.41, 5.74) is 4.34. The van der Waals surface area contributed by atoms with Gasteiger partial charge in [-0.2, -0.15) is 5.26 Å². The molecule has 1 heterocycles. The van der Waals surface area contributed by atoms with E-state index < -0.39 is 11.9 Å². The second kappa shape index (κ2) is 8.50. The van der Waals surface area contributed by atoms with Gasteiger partial charge in [0.05, 0.1) is 5.56 Å². The van der Waals surface area contributed by atoms with E-state index in [0.717, 1.165) is 22.3 Å². The van der Waals surface area contributed by atoms with E-state index in [2.05, 4.69) is 5.32 Å². The number of nitrogens with zero attached hydrogens (tertiary/aromatic N) is 1. The molecule has 1 aromatic heterocycles. The standard InChI is InChI=1S/C24H20N2O4/c1-14-4-6-19(11-15(14)2)26-23(27)18(13-25)12-20-7-9-22(30-20)21-8-5-17(24(28)29)10-16(21)3/h4-12H,1-3H3,(H,26,27)(H,28,29)/b18-12+. The van der Waals surface area contributed by atoms with E-state index in [1.807, 2.05) is 32.0 Å². The Morgan fingerprint density at radius 1 is 1.00 bits per heavy atom. The van der Waals surface area contributed by atoms with E-state index in [9.17, 15) is 14.9 Å². The van der Waals surface area contributed by atoms with Crippen LogP contribution in [0.3, 0.4) is 0 Å². The molecule has 2 aromatic carbocycles. The Morgan fingerprint density at radius 3 is 2.40 bits per heavy atom. The van der Waals surface area contributed by atoms with Crippen LogP contribution in [-0.4, -0.2) is 17.0 Å². The van der Waals surface area contributed by atoms with Crippen LogP contribution in [0, 0.1) is 32.1 Å². The first-order chi connectivity index (χ1) is 14.3. The third-order valence-corrected chi connectivity index (χ3v) is 4.78. The molecule has 0 aliphatic rings. The molecule has 3 aromatic rings. The van der Waals surface area contributed by atoms with E-state index in [1.165, 1.54) is 12.1 Å². The highest BCUT2D eigenvalue weighted by molar-refractivity contribution is 6.09. The number of aryl methyl sites for hydroxylation is 3. The molecule has 0 aliphatic heterocycles. The van der Waals surface area contributed by atoms with E-state index in [-0.39, 0.29) is 11.1 Å². The molecule has 0 radical (unpaired) electrons. The van der Waals surface area contributed by atoms with Gasteiger partial charge in [0, 0.05) is 17.3 Å². The minimum Gasteiger partial charge on any atom is -0.478 e. The molecular weight excluding hydrogens is 380 g/mol. The summed E-state index contributed by atoms with van der Waals surface area (Å²) >= 11 is 0. The molecule has 0 unspecified atom stereocenters. The average molecular weight is 400 g/mol. The Morgan fingerprint density at radius 2 is 1.77 bits per heavy atom. The smallest absolute Gasteiger partial charge is 0.335 e. The summed E-state index contributed by atoms with van der Waals surface area (Å²) < 4.78 is 5.76. The summed E-state index contributed by atoms with van der Waals surface area (Å²) in [5, 5.41) is 21.2. The van der Waals surface area contributed by atoms with Gasteiger partial charge in [-0.3, -0.25) is 4.79 Å². The average Bonchev–Trinajstić information content (AvgIpc) is 3.17. The number of hydrogen-bond donors (Lipinski definition) is 2. The summed E-state index contributed by atoms with van der Waals surface area (Å²) in [5.74, 6) is -0.664. The maximum absolute atomic E-state index is 12.5. The molecular formula is C24H20N2O4. The molecule has 6 heteroatoms. The van der Waals surface area contributed by atoms with Gasteiger partial charge < -0.3 is 14.8 Å². The Kier molecular flexibility index (Phi) is 5.84. The number of carbonyl (C=O) groups excluding carboxylic acids is 1. The predicted molar refractivity (Wildman–Crippen MR) is 114 cm³/mol. The van der Waals surface area contributed by atoms with Crippen LogP contribution in [0.5, 0.6) is 0 Å². The number of anilines is 1. The van der Waals surface area contributed by atoms with Crippen LogP contribution >= 0.6 is 0 Å². The molecule has 0 atom stereocenters. The van der Waals surface area contributed by atoms with Gasteiger partial charge in [0.2, 0.25) is 0 Å². The maximum atomic E-state index is 12.5. The van der Waals surface area contributed by atoms with Crippen molar-refractivity contribution in [3.8, 4) is 17.4 Å². The monoisotopic (exact) mass is 400 g/mol. The lowest BCUT2D eigenvalue weighted by Crippen LogP contribution is -2.13. The fraction of sp³-hybridized carbons (Fsp3) is 0.125. The van der Waals surface area contributed by atoms with Crippen molar-refractivity contribution in [2.24, 2.45) is 0 Å². The van der Waals surface area contributed by atoms with E-state index in [0.29, 0.717) is 17.2 Å². The van der Waals surface area contributed by atoms with E-state index >= 15 is 0 Å². The number of nitrogens with one attached hydrogen (secondary N) is 1. The van der Waals surface area contributed by atoms with Gasteiger partial charge in [0.1, 0.15) is 23.2 Å². The fourth-order valence-electron chi connectivity index (χ4n) is 2.96. The van der Waals surface area contributed by atoms with Crippen LogP contribution in [0.4, 0.5) is 5.69 Å². The highest BCUT2D eigenvalue weighted by Crippen LogP contribution is 2.27. The zero-order valence-electron chi connectivity index (χ0n) is 16.8. The number of benzene rings is 2. The van der Waals surface area contributed by atoms with Crippen molar-refractivity contribution >= 4 is 23.6 Å². The summed E-state index contributed by atoms with van der Waals surface area (Å²) in [6.07, 6.45) is 1.38. The minimum atomic E-state index is -0.999. The highest BCUT2D eigenvalue weighted by atomic mass is 16.4. The molecule has 30 heavy (non-hydrogen) atoms. The van der Waals surface area contributed by atoms with Crippen molar-refractivity contribution in [1.82, 2.24) is 0 Å². The molecule has 0 bridgehead atoms. The largest absolute Gasteiger partial charge is 0.478 e. The van der Waals surface area contributed by atoms with Crippen LogP contribution in [0.25, 0.3) is 17.4 Å². The van der Waals surface area contributed by atoms with Gasteiger partial charge in [0.25, 0.3) is 5.91 Å². The van der Waals surface area contributed by atoms with E-state index in [4.69, 9.17) is 9.52 Å². The van der Waals surface area contributed by atoms with Crippen molar-refractivity contribution in [1.29, 1.82) is 5.26 Å². The Labute approximate surface area is 174 Å². The van der Waals surface area contributed by atoms with Crippen LogP contribution in [0.15, 0.2) is 58.5 Å². The van der Waals surface area contributed by atoms with Crippen molar-refractivity contribution < 1.29 is 19.1 Å². The van der Waals surface area contributed by atoms with Crippen LogP contribution < -0.4 is 5.32 Å². The highest BCUT2D eigenvalue weighted by Gasteiger charge is 2.13. The number of nitriles is 1. The molecule has 2 N–H and O–H groups in total. The first-order valence-electron chi connectivity index (χ1n) is 9.23. The summed E-state index contributed by atoms with van der Waals surface area (Å²) in [4.78, 5) is 23.6. The number of carbonyl (C=O) groups is 2. The second-order valence-corrected chi connectivity index (χ2v) is 6.96. The fourth-order valence-corrected chi connectivity index (χ4v) is 2.96. The topological polar surface area (TPSA) is 103 Å². The van der Waals surface area contributed by atoms with Gasteiger partial charge in [-0.1, -0.05) is 12.1 Å². The number of furan rings is 1. The molecule has 0 aliphatic carbocycles. The Hall–Kier alpha value is -4.11. The second-order valence-electron chi connectivity index (χ2n) is 6.96. The zero-order chi connectivity index (χ0) is 21.8. The van der Waals surface area contributed by atoms with Gasteiger partial charge in [0.15, 0.2) is 0 Å². The van der Waals surface area contributed by atoms with Crippen LogP contribution in [0.2, 0.25) is 0 Å². The van der Waals surface area contributed by atoms with Crippen LogP contribution in [-0.2, 0) is 4.79 Å². The first-order valence-corrected chi connectivity index (χ1v) is 9.23. The SMILES string of the molecule is Cc1ccc(NC(=O)/C(C#N)=C/c2ccc(-c3ccc(C(=O)O)cc3C)o2)cc1C. The molecule has 150 valence electrons. The number of carboxylic acid groups (broad SMARTS) is 1. The Balaban J connectivity index is 1.83. The normalized spacial score (nSPS) is 11.1. The summed E-state index contributed by atoms with van der Waals surface area (Å²) in [6, 6.07) is 15.5. The molecule has 0 saturated carbocycles. The predicted octanol–water partition coefficient (Wildman–Crippen LogP) is 5.12. The molecule has 0 spiro atoms. The molecule has 1 amide bonds. The van der Waals surface area contributed by atoms with Crippen molar-refractivity contribution in [3.63, 3.8) is 0 Å². The maximum Gasteiger partial charge on any atom is 0.335 e. The zero-order valence-corrected chi connectivity index (χ0v) is 16.8. The van der Waals surface area contributed by atoms with Crippen molar-refractivity contribution in [3.05, 3.63) is 82.1 Å². The lowest BCUT2D eigenvalue weighted by atomic mass is 10.0. The number of rotatable bonds is 5. The summed E-state index contributed by atoms with van der Waals surface area (Å²) in [7, 11) is 0. The molecule has 0 fully saturated rings. The number of carboxylic acids is 1. The third kappa shape index (κ3) is 4.47. The van der Waals surface area contributed by atoms with Crippen molar-refractivity contribution in [2.45, 2.75) is 20.8 Å². The quantitative estimate of drug-likeness (QED) is 0.457. The van der Waals surface area contributed by atoms with Crippen molar-refractivity contribution in [2.75, 3.05) is 5.32 Å². The van der Waals surface area contributed by atoms with E-state index in [1.54, 1.807) is 37.3 Å². The molecule has 3 rings (SSSR count). The number of aromatic carboxylic acids is 1. The van der Waals surface area contributed by atoms with Gasteiger partial charge in [-0.15, -0.1) is 0 Å². The number of amides is 1. The third-order valence-electron chi connectivity index (χ3n) is 4.78. The number of hydrogen-bond acceptors (Lipinski definition) is 4. The van der Waals surface area contributed by atoms with Gasteiger partial charge >= 0.3 is 5.97 Å². The summed E-state index contributed by atoms with van der Waals surface area (Å²) in [6.45, 7) is 5.71. The molecule has 6 nitrogen and oxygen atoms in total. The molecule has 0 saturated heterocycles. The Bertz CT molecular complexity index is 1210. The first kappa shape index (κ1) is 20.6.